The summed E-state index contributed by atoms with van der Waals surface area (Å²) in [5.41, 5.74) is 4.45. The molecule has 0 spiro atoms. The molecule has 0 amide bonds. The van der Waals surface area contributed by atoms with Crippen molar-refractivity contribution in [2.45, 2.75) is 12.1 Å². The lowest BCUT2D eigenvalue weighted by Crippen LogP contribution is -2.09. The highest BCUT2D eigenvalue weighted by Gasteiger charge is 2.23. The molecule has 4 rings (SSSR count). The molecule has 0 saturated heterocycles. The number of hydrogen-bond acceptors (Lipinski definition) is 2. The normalized spacial score (nSPS) is 13.5. The van der Waals surface area contributed by atoms with Crippen LogP contribution in [0.1, 0.15) is 34.3 Å². The van der Waals surface area contributed by atoms with E-state index in [2.05, 4.69) is 72.8 Å². The molecule has 0 bridgehead atoms. The van der Waals surface area contributed by atoms with Gasteiger partial charge in [0.25, 0.3) is 0 Å². The predicted octanol–water partition coefficient (Wildman–Crippen LogP) is 6.71. The lowest BCUT2D eigenvalue weighted by Gasteiger charge is -2.22. The molecule has 4 aromatic carbocycles. The summed E-state index contributed by atoms with van der Waals surface area (Å²) in [5, 5.41) is 0. The van der Waals surface area contributed by atoms with Crippen molar-refractivity contribution in [3.63, 3.8) is 0 Å². The molecule has 2 heteroatoms. The van der Waals surface area contributed by atoms with Gasteiger partial charge in [-0.25, -0.2) is 0 Å². The SMILES string of the molecule is C(=NC(c1ccccc1)C(N=Cc1ccccc1)c1ccccc1)c1ccccc1. The van der Waals surface area contributed by atoms with Crippen molar-refractivity contribution >= 4 is 12.4 Å². The zero-order valence-corrected chi connectivity index (χ0v) is 16.8. The maximum atomic E-state index is 5.01. The average molecular weight is 389 g/mol. The van der Waals surface area contributed by atoms with Gasteiger partial charge in [0.15, 0.2) is 0 Å². The summed E-state index contributed by atoms with van der Waals surface area (Å²) >= 11 is 0. The summed E-state index contributed by atoms with van der Waals surface area (Å²) in [4.78, 5) is 10.0. The minimum atomic E-state index is -0.131. The summed E-state index contributed by atoms with van der Waals surface area (Å²) < 4.78 is 0. The number of benzene rings is 4. The van der Waals surface area contributed by atoms with E-state index in [-0.39, 0.29) is 12.1 Å². The van der Waals surface area contributed by atoms with Crippen LogP contribution in [0.25, 0.3) is 0 Å². The van der Waals surface area contributed by atoms with Crippen LogP contribution in [-0.4, -0.2) is 12.4 Å². The van der Waals surface area contributed by atoms with Gasteiger partial charge in [0.2, 0.25) is 0 Å². The molecular weight excluding hydrogens is 364 g/mol. The highest BCUT2D eigenvalue weighted by atomic mass is 14.9. The van der Waals surface area contributed by atoms with Gasteiger partial charge in [-0.15, -0.1) is 0 Å². The van der Waals surface area contributed by atoms with E-state index < -0.39 is 0 Å². The lowest BCUT2D eigenvalue weighted by atomic mass is 9.94. The van der Waals surface area contributed by atoms with Gasteiger partial charge >= 0.3 is 0 Å². The van der Waals surface area contributed by atoms with Crippen LogP contribution in [-0.2, 0) is 0 Å². The van der Waals surface area contributed by atoms with Gasteiger partial charge in [0.05, 0.1) is 0 Å². The molecule has 0 aromatic heterocycles. The Kier molecular flexibility index (Phi) is 6.59. The third kappa shape index (κ3) is 5.18. The van der Waals surface area contributed by atoms with Crippen molar-refractivity contribution in [3.05, 3.63) is 144 Å². The number of hydrogen-bond donors (Lipinski definition) is 0. The van der Waals surface area contributed by atoms with Crippen molar-refractivity contribution in [1.82, 2.24) is 0 Å². The monoisotopic (exact) mass is 388 g/mol. The Morgan fingerprint density at radius 3 is 1.03 bits per heavy atom. The third-order valence-corrected chi connectivity index (χ3v) is 4.95. The number of nitrogens with zero attached hydrogens (tertiary/aromatic N) is 2. The van der Waals surface area contributed by atoms with E-state index >= 15 is 0 Å². The Labute approximate surface area is 178 Å². The summed E-state index contributed by atoms with van der Waals surface area (Å²) in [6.45, 7) is 0. The maximum Gasteiger partial charge on any atom is 0.101 e. The Bertz CT molecular complexity index is 982. The van der Waals surface area contributed by atoms with Gasteiger partial charge in [-0.2, -0.15) is 0 Å². The summed E-state index contributed by atoms with van der Waals surface area (Å²) in [6, 6.07) is 41.0. The van der Waals surface area contributed by atoms with Gasteiger partial charge in [-0.3, -0.25) is 9.98 Å². The second-order valence-corrected chi connectivity index (χ2v) is 7.09. The fourth-order valence-corrected chi connectivity index (χ4v) is 3.41. The van der Waals surface area contributed by atoms with Crippen molar-refractivity contribution in [3.8, 4) is 0 Å². The molecule has 2 nitrogen and oxygen atoms in total. The topological polar surface area (TPSA) is 24.7 Å². The maximum absolute atomic E-state index is 5.01. The second-order valence-electron chi connectivity index (χ2n) is 7.09. The first-order valence-corrected chi connectivity index (χ1v) is 10.2. The number of aliphatic imine (C=N–C) groups is 2. The molecule has 0 saturated carbocycles. The fourth-order valence-electron chi connectivity index (χ4n) is 3.41. The standard InChI is InChI=1S/C28H24N2/c1-5-13-23(14-6-1)21-29-27(25-17-9-3-10-18-25)28(26-19-11-4-12-20-26)30-22-24-15-7-2-8-16-24/h1-22,27-28H. The Morgan fingerprint density at radius 1 is 0.400 bits per heavy atom. The van der Waals surface area contributed by atoms with Gasteiger partial charge < -0.3 is 0 Å². The van der Waals surface area contributed by atoms with Crippen LogP contribution in [0.2, 0.25) is 0 Å². The first kappa shape index (κ1) is 19.5. The highest BCUT2D eigenvalue weighted by Crippen LogP contribution is 2.35. The van der Waals surface area contributed by atoms with Crippen molar-refractivity contribution in [2.24, 2.45) is 9.98 Å². The minimum absolute atomic E-state index is 0.131. The zero-order chi connectivity index (χ0) is 20.4. The molecule has 0 fully saturated rings. The third-order valence-electron chi connectivity index (χ3n) is 4.95. The zero-order valence-electron chi connectivity index (χ0n) is 16.8. The molecule has 0 aliphatic heterocycles. The largest absolute Gasteiger partial charge is 0.282 e. The van der Waals surface area contributed by atoms with Gasteiger partial charge in [-0.1, -0.05) is 121 Å². The highest BCUT2D eigenvalue weighted by molar-refractivity contribution is 5.80. The summed E-state index contributed by atoms with van der Waals surface area (Å²) in [5.74, 6) is 0. The van der Waals surface area contributed by atoms with E-state index in [1.807, 2.05) is 61.0 Å². The van der Waals surface area contributed by atoms with Gasteiger partial charge in [0, 0.05) is 12.4 Å². The van der Waals surface area contributed by atoms with E-state index in [0.29, 0.717) is 0 Å². The molecule has 0 radical (unpaired) electrons. The van der Waals surface area contributed by atoms with Crippen LogP contribution in [0, 0.1) is 0 Å². The van der Waals surface area contributed by atoms with Crippen molar-refractivity contribution < 1.29 is 0 Å². The second kappa shape index (κ2) is 10.1. The Hall–Kier alpha value is -3.78. The molecule has 4 aromatic rings. The minimum Gasteiger partial charge on any atom is -0.282 e. The van der Waals surface area contributed by atoms with E-state index in [0.717, 1.165) is 22.3 Å². The smallest absolute Gasteiger partial charge is 0.101 e. The van der Waals surface area contributed by atoms with E-state index in [1.54, 1.807) is 0 Å². The predicted molar refractivity (Wildman–Crippen MR) is 126 cm³/mol. The first-order valence-electron chi connectivity index (χ1n) is 10.2. The first-order chi connectivity index (χ1) is 14.9. The van der Waals surface area contributed by atoms with Crippen LogP contribution < -0.4 is 0 Å². The fraction of sp³-hybridized carbons (Fsp3) is 0.0714. The molecule has 30 heavy (non-hydrogen) atoms. The van der Waals surface area contributed by atoms with E-state index in [4.69, 9.17) is 9.98 Å². The lowest BCUT2D eigenvalue weighted by molar-refractivity contribution is 0.583. The molecular formula is C28H24N2. The molecule has 2 atom stereocenters. The molecule has 0 aliphatic carbocycles. The summed E-state index contributed by atoms with van der Waals surface area (Å²) in [7, 11) is 0. The van der Waals surface area contributed by atoms with Gasteiger partial charge in [-0.05, 0) is 22.3 Å². The quantitative estimate of drug-likeness (QED) is 0.314. The van der Waals surface area contributed by atoms with Crippen molar-refractivity contribution in [2.75, 3.05) is 0 Å². The molecule has 146 valence electrons. The summed E-state index contributed by atoms with van der Waals surface area (Å²) in [6.07, 6.45) is 3.90. The Balaban J connectivity index is 1.76. The van der Waals surface area contributed by atoms with Crippen LogP contribution in [0.4, 0.5) is 0 Å². The molecule has 2 unspecified atom stereocenters. The van der Waals surface area contributed by atoms with E-state index in [1.165, 1.54) is 0 Å². The van der Waals surface area contributed by atoms with Crippen LogP contribution >= 0.6 is 0 Å². The van der Waals surface area contributed by atoms with Crippen molar-refractivity contribution in [1.29, 1.82) is 0 Å². The average Bonchev–Trinajstić information content (AvgIpc) is 2.83. The molecule has 0 heterocycles. The number of rotatable bonds is 7. The van der Waals surface area contributed by atoms with Crippen LogP contribution in [0.3, 0.4) is 0 Å². The molecule has 0 N–H and O–H groups in total. The Morgan fingerprint density at radius 2 is 0.700 bits per heavy atom. The van der Waals surface area contributed by atoms with Crippen LogP contribution in [0.5, 0.6) is 0 Å². The van der Waals surface area contributed by atoms with E-state index in [9.17, 15) is 0 Å². The molecule has 0 aliphatic rings. The van der Waals surface area contributed by atoms with Crippen LogP contribution in [0.15, 0.2) is 131 Å². The van der Waals surface area contributed by atoms with Gasteiger partial charge in [0.1, 0.15) is 12.1 Å².